The van der Waals surface area contributed by atoms with Crippen LogP contribution in [-0.2, 0) is 0 Å². The van der Waals surface area contributed by atoms with Crippen molar-refractivity contribution in [1.29, 1.82) is 5.26 Å². The lowest BCUT2D eigenvalue weighted by Crippen LogP contribution is -2.14. The first-order chi connectivity index (χ1) is 9.17. The largest absolute Gasteiger partial charge is 0.497 e. The highest BCUT2D eigenvalue weighted by molar-refractivity contribution is 5.75. The van der Waals surface area contributed by atoms with Gasteiger partial charge < -0.3 is 15.4 Å². The molecular weight excluding hydrogens is 240 g/mol. The third-order valence-corrected chi connectivity index (χ3v) is 2.87. The van der Waals surface area contributed by atoms with Gasteiger partial charge in [-0.15, -0.1) is 0 Å². The molecule has 0 fully saturated rings. The lowest BCUT2D eigenvalue weighted by Gasteiger charge is -2.20. The molecule has 2 rings (SSSR count). The van der Waals surface area contributed by atoms with Gasteiger partial charge in [-0.3, -0.25) is 0 Å². The molecule has 0 bridgehead atoms. The third-order valence-electron chi connectivity index (χ3n) is 2.87. The Balaban J connectivity index is 2.38. The first-order valence-electron chi connectivity index (χ1n) is 5.69. The minimum absolute atomic E-state index is 0.378. The van der Waals surface area contributed by atoms with Crippen molar-refractivity contribution in [2.75, 3.05) is 24.8 Å². The molecule has 2 aromatic rings. The molecule has 0 atom stereocenters. The molecule has 19 heavy (non-hydrogen) atoms. The molecule has 0 saturated heterocycles. The first-order valence-corrected chi connectivity index (χ1v) is 5.69. The van der Waals surface area contributed by atoms with Gasteiger partial charge in [-0.25, -0.2) is 4.98 Å². The van der Waals surface area contributed by atoms with Crippen molar-refractivity contribution in [3.05, 3.63) is 42.1 Å². The fourth-order valence-corrected chi connectivity index (χ4v) is 1.76. The second-order valence-corrected chi connectivity index (χ2v) is 3.96. The molecule has 5 nitrogen and oxygen atoms in total. The van der Waals surface area contributed by atoms with Gasteiger partial charge in [0.05, 0.1) is 18.4 Å². The molecule has 0 amide bonds. The second-order valence-electron chi connectivity index (χ2n) is 3.96. The zero-order chi connectivity index (χ0) is 13.8. The van der Waals surface area contributed by atoms with Gasteiger partial charge in [-0.1, -0.05) is 0 Å². The van der Waals surface area contributed by atoms with Gasteiger partial charge >= 0.3 is 0 Å². The van der Waals surface area contributed by atoms with Crippen LogP contribution in [0.25, 0.3) is 0 Å². The van der Waals surface area contributed by atoms with E-state index in [2.05, 4.69) is 4.98 Å². The van der Waals surface area contributed by atoms with Crippen LogP contribution >= 0.6 is 0 Å². The predicted molar refractivity (Wildman–Crippen MR) is 74.4 cm³/mol. The van der Waals surface area contributed by atoms with E-state index in [1.165, 1.54) is 0 Å². The Morgan fingerprint density at radius 2 is 1.95 bits per heavy atom. The van der Waals surface area contributed by atoms with Crippen molar-refractivity contribution in [3.63, 3.8) is 0 Å². The number of nitrogens with zero attached hydrogens (tertiary/aromatic N) is 3. The maximum Gasteiger partial charge on any atom is 0.157 e. The molecule has 0 aliphatic carbocycles. The number of rotatable bonds is 3. The molecule has 1 aromatic carbocycles. The Kier molecular flexibility index (Phi) is 3.53. The van der Waals surface area contributed by atoms with Crippen molar-refractivity contribution in [2.45, 2.75) is 0 Å². The summed E-state index contributed by atoms with van der Waals surface area (Å²) in [5, 5.41) is 8.97. The van der Waals surface area contributed by atoms with Crippen molar-refractivity contribution in [3.8, 4) is 11.8 Å². The predicted octanol–water partition coefficient (Wildman–Crippen LogP) is 2.31. The Morgan fingerprint density at radius 3 is 2.53 bits per heavy atom. The fraction of sp³-hybridized carbons (Fsp3) is 0.143. The highest BCUT2D eigenvalue weighted by Crippen LogP contribution is 2.29. The number of anilines is 3. The molecular formula is C14H14N4O. The van der Waals surface area contributed by atoms with Crippen LogP contribution in [0, 0.1) is 11.3 Å². The monoisotopic (exact) mass is 254 g/mol. The van der Waals surface area contributed by atoms with Crippen LogP contribution in [0.1, 0.15) is 5.56 Å². The lowest BCUT2D eigenvalue weighted by molar-refractivity contribution is 0.415. The zero-order valence-electron chi connectivity index (χ0n) is 10.8. The molecule has 1 aromatic heterocycles. The van der Waals surface area contributed by atoms with Crippen LogP contribution in [0.2, 0.25) is 0 Å². The van der Waals surface area contributed by atoms with E-state index >= 15 is 0 Å². The quantitative estimate of drug-likeness (QED) is 0.909. The molecule has 96 valence electrons. The SMILES string of the molecule is COc1ccc(N(C)c2nccc(C#N)c2N)cc1. The Bertz CT molecular complexity index is 616. The van der Waals surface area contributed by atoms with Gasteiger partial charge in [-0.2, -0.15) is 5.26 Å². The van der Waals surface area contributed by atoms with Crippen LogP contribution in [0.5, 0.6) is 5.75 Å². The molecule has 0 aliphatic rings. The normalized spacial score (nSPS) is 9.74. The standard InChI is InChI=1S/C14H14N4O/c1-18(11-3-5-12(19-2)6-4-11)14-13(16)10(9-15)7-8-17-14/h3-8H,16H2,1-2H3. The molecule has 1 heterocycles. The Morgan fingerprint density at radius 1 is 1.26 bits per heavy atom. The van der Waals surface area contributed by atoms with E-state index in [0.29, 0.717) is 17.1 Å². The van der Waals surface area contributed by atoms with E-state index < -0.39 is 0 Å². The second kappa shape index (κ2) is 5.27. The highest BCUT2D eigenvalue weighted by atomic mass is 16.5. The van der Waals surface area contributed by atoms with Crippen LogP contribution in [0.15, 0.2) is 36.5 Å². The van der Waals surface area contributed by atoms with Crippen molar-refractivity contribution >= 4 is 17.2 Å². The van der Waals surface area contributed by atoms with Gasteiger partial charge in [0, 0.05) is 18.9 Å². The Labute approximate surface area is 111 Å². The third kappa shape index (κ3) is 2.43. The van der Waals surface area contributed by atoms with E-state index in [1.807, 2.05) is 42.3 Å². The first kappa shape index (κ1) is 12.7. The number of methoxy groups -OCH3 is 1. The molecule has 0 unspecified atom stereocenters. The zero-order valence-corrected chi connectivity index (χ0v) is 10.8. The van der Waals surface area contributed by atoms with Crippen LogP contribution < -0.4 is 15.4 Å². The molecule has 0 saturated carbocycles. The van der Waals surface area contributed by atoms with Crippen LogP contribution in [0.3, 0.4) is 0 Å². The summed E-state index contributed by atoms with van der Waals surface area (Å²) in [6.07, 6.45) is 1.57. The van der Waals surface area contributed by atoms with Gasteiger partial charge in [-0.05, 0) is 30.3 Å². The summed E-state index contributed by atoms with van der Waals surface area (Å²) in [6.45, 7) is 0. The summed E-state index contributed by atoms with van der Waals surface area (Å²) < 4.78 is 5.11. The molecule has 5 heteroatoms. The summed E-state index contributed by atoms with van der Waals surface area (Å²) in [7, 11) is 3.47. The number of benzene rings is 1. The van der Waals surface area contributed by atoms with Crippen molar-refractivity contribution < 1.29 is 4.74 Å². The van der Waals surface area contributed by atoms with E-state index in [-0.39, 0.29) is 0 Å². The summed E-state index contributed by atoms with van der Waals surface area (Å²) in [5.41, 5.74) is 7.65. The summed E-state index contributed by atoms with van der Waals surface area (Å²) in [4.78, 5) is 6.05. The summed E-state index contributed by atoms with van der Waals surface area (Å²) in [6, 6.07) is 11.2. The maximum atomic E-state index is 8.97. The van der Waals surface area contributed by atoms with Crippen molar-refractivity contribution in [1.82, 2.24) is 4.98 Å². The van der Waals surface area contributed by atoms with Crippen LogP contribution in [0.4, 0.5) is 17.2 Å². The molecule has 2 N–H and O–H groups in total. The number of pyridine rings is 1. The molecule has 0 aliphatic heterocycles. The maximum absolute atomic E-state index is 8.97. The number of ether oxygens (including phenoxy) is 1. The molecule has 0 radical (unpaired) electrons. The number of hydrogen-bond donors (Lipinski definition) is 1. The van der Waals surface area contributed by atoms with E-state index in [1.54, 1.807) is 19.4 Å². The van der Waals surface area contributed by atoms with Crippen LogP contribution in [-0.4, -0.2) is 19.1 Å². The number of aromatic nitrogens is 1. The van der Waals surface area contributed by atoms with Gasteiger partial charge in [0.2, 0.25) is 0 Å². The smallest absolute Gasteiger partial charge is 0.157 e. The topological polar surface area (TPSA) is 75.2 Å². The average molecular weight is 254 g/mol. The minimum Gasteiger partial charge on any atom is -0.497 e. The lowest BCUT2D eigenvalue weighted by atomic mass is 10.2. The highest BCUT2D eigenvalue weighted by Gasteiger charge is 2.12. The van der Waals surface area contributed by atoms with Gasteiger partial charge in [0.1, 0.15) is 11.8 Å². The number of nitrogens with two attached hydrogens (primary N) is 1. The van der Waals surface area contributed by atoms with E-state index in [4.69, 9.17) is 15.7 Å². The Hall–Kier alpha value is -2.74. The summed E-state index contributed by atoms with van der Waals surface area (Å²) in [5.74, 6) is 1.34. The van der Waals surface area contributed by atoms with E-state index in [9.17, 15) is 0 Å². The summed E-state index contributed by atoms with van der Waals surface area (Å²) >= 11 is 0. The van der Waals surface area contributed by atoms with E-state index in [0.717, 1.165) is 11.4 Å². The van der Waals surface area contributed by atoms with Crippen molar-refractivity contribution in [2.24, 2.45) is 0 Å². The number of nitrogen functional groups attached to an aromatic ring is 1. The number of hydrogen-bond acceptors (Lipinski definition) is 5. The average Bonchev–Trinajstić information content (AvgIpc) is 2.47. The number of nitriles is 1. The van der Waals surface area contributed by atoms with Gasteiger partial charge in [0.15, 0.2) is 5.82 Å². The fourth-order valence-electron chi connectivity index (χ4n) is 1.76. The van der Waals surface area contributed by atoms with Gasteiger partial charge in [0.25, 0.3) is 0 Å². The minimum atomic E-state index is 0.378. The molecule has 0 spiro atoms.